The van der Waals surface area contributed by atoms with Crippen LogP contribution in [0.5, 0.6) is 0 Å². The number of hydrogen-bond acceptors (Lipinski definition) is 30. The van der Waals surface area contributed by atoms with Gasteiger partial charge >= 0.3 is 24.6 Å². The Morgan fingerprint density at radius 1 is 0.250 bits per heavy atom. The molecule has 4 saturated heterocycles. The first-order chi connectivity index (χ1) is 37.7. The van der Waals surface area contributed by atoms with E-state index in [4.69, 9.17) is 66.3 Å². The highest BCUT2D eigenvalue weighted by atomic mass is 16.9. The number of imide groups is 4. The largest absolute Gasteiger partial charge is 0.534 e. The third kappa shape index (κ3) is 38.5. The first kappa shape index (κ1) is 94.9. The molecule has 0 radical (unpaired) electrons. The molecular formula is C54H102N4O30. The van der Waals surface area contributed by atoms with Crippen molar-refractivity contribution in [1.29, 1.82) is 0 Å². The maximum atomic E-state index is 11.8. The molecule has 4 aliphatic rings. The highest BCUT2D eigenvalue weighted by Crippen LogP contribution is 2.16. The van der Waals surface area contributed by atoms with Crippen LogP contribution in [-0.4, -0.2) is 250 Å². The molecule has 8 amide bonds. The Hall–Kier alpha value is -6.76. The molecule has 0 saturated carbocycles. The van der Waals surface area contributed by atoms with Crippen LogP contribution >= 0.6 is 0 Å². The molecule has 0 aromatic rings. The molecule has 0 N–H and O–H groups in total. The molecule has 0 aliphatic carbocycles. The van der Waals surface area contributed by atoms with E-state index < -0.39 is 84.1 Å². The standard InChI is InChI=1S/C44H62N4O30.10CH4/c49-33-1-2-34(50)45(33)75-41(57)71-23-17-61-9-11-65-27-31(69-21-15-63-19-25-73-43(59)77-47-37(53)5-6-38(47)54)29-67-13-14-68-30-32(70-22-16-64-20-26-74-44(60)78-48-39(55)7-8-40(48)56)28-66-12-10-62-18-24-72-42(58)76-46-35(51)3-4-36(46)52;;;;;;;;;;/h31-32H,1-30H2;10*1H4. The topological polar surface area (TPSA) is 384 Å². The number of hydroxylamine groups is 8. The van der Waals surface area contributed by atoms with Crippen LogP contribution in [-0.2, 0) is 124 Å². The van der Waals surface area contributed by atoms with Crippen LogP contribution in [0.4, 0.5) is 19.2 Å². The monoisotopic (exact) mass is 1290 g/mol. The first-order valence-electron chi connectivity index (χ1n) is 24.4. The lowest BCUT2D eigenvalue weighted by molar-refractivity contribution is -0.178. The summed E-state index contributed by atoms with van der Waals surface area (Å²) in [5, 5.41) is 1.40. The predicted molar refractivity (Wildman–Crippen MR) is 307 cm³/mol. The van der Waals surface area contributed by atoms with Crippen LogP contribution in [0.25, 0.3) is 0 Å². The third-order valence-electron chi connectivity index (χ3n) is 9.97. The van der Waals surface area contributed by atoms with E-state index in [0.717, 1.165) is 0 Å². The van der Waals surface area contributed by atoms with Gasteiger partial charge < -0.3 is 66.3 Å². The minimum atomic E-state index is -1.25. The Bertz CT molecular complexity index is 1810. The molecule has 0 spiro atoms. The van der Waals surface area contributed by atoms with Crippen molar-refractivity contribution in [3.05, 3.63) is 0 Å². The lowest BCUT2D eigenvalue weighted by atomic mass is 10.4. The number of rotatable bonds is 41. The third-order valence-corrected chi connectivity index (χ3v) is 9.97. The Morgan fingerprint density at radius 2 is 0.409 bits per heavy atom. The van der Waals surface area contributed by atoms with Gasteiger partial charge in [-0.1, -0.05) is 94.5 Å². The molecule has 4 heterocycles. The van der Waals surface area contributed by atoms with Crippen LogP contribution in [0, 0.1) is 0 Å². The average Bonchev–Trinajstić information content (AvgIpc) is 3.49. The zero-order valence-corrected chi connectivity index (χ0v) is 42.4. The number of nitrogens with zero attached hydrogens (tertiary/aromatic N) is 4. The van der Waals surface area contributed by atoms with Gasteiger partial charge in [-0.05, 0) is 0 Å². The minimum absolute atomic E-state index is 0. The van der Waals surface area contributed by atoms with Crippen molar-refractivity contribution in [3.8, 4) is 0 Å². The first-order valence-corrected chi connectivity index (χ1v) is 24.4. The lowest BCUT2D eigenvalue weighted by Gasteiger charge is -2.20. The van der Waals surface area contributed by atoms with Gasteiger partial charge in [-0.3, -0.25) is 57.7 Å². The molecule has 34 nitrogen and oxygen atoms in total. The van der Waals surface area contributed by atoms with Crippen LogP contribution in [0.1, 0.15) is 126 Å². The summed E-state index contributed by atoms with van der Waals surface area (Å²) in [5.74, 6) is -5.27. The summed E-state index contributed by atoms with van der Waals surface area (Å²) in [6, 6.07) is 0. The second-order valence-corrected chi connectivity index (χ2v) is 15.8. The van der Waals surface area contributed by atoms with E-state index in [1.165, 1.54) is 0 Å². The van der Waals surface area contributed by atoms with Crippen molar-refractivity contribution in [2.75, 3.05) is 145 Å². The van der Waals surface area contributed by atoms with Crippen molar-refractivity contribution in [1.82, 2.24) is 20.3 Å². The summed E-state index contributed by atoms with van der Waals surface area (Å²) < 4.78 is 75.5. The molecule has 4 aliphatic heterocycles. The average molecular weight is 1290 g/mol. The van der Waals surface area contributed by atoms with Crippen LogP contribution in [0.15, 0.2) is 0 Å². The highest BCUT2D eigenvalue weighted by Gasteiger charge is 2.36. The molecule has 0 bridgehead atoms. The number of ether oxygens (including phenoxy) is 14. The molecule has 518 valence electrons. The smallest absolute Gasteiger partial charge is 0.430 e. The van der Waals surface area contributed by atoms with Crippen LogP contribution in [0.2, 0.25) is 0 Å². The zero-order chi connectivity index (χ0) is 56.3. The Balaban J connectivity index is -0.00000131. The fraction of sp³-hybridized carbons (Fsp3) is 0.778. The van der Waals surface area contributed by atoms with Crippen LogP contribution < -0.4 is 0 Å². The van der Waals surface area contributed by atoms with Crippen molar-refractivity contribution >= 4 is 71.9 Å². The summed E-state index contributed by atoms with van der Waals surface area (Å²) in [5.41, 5.74) is 0. The second kappa shape index (κ2) is 55.5. The molecule has 0 aromatic heterocycles. The van der Waals surface area contributed by atoms with E-state index in [1.807, 2.05) is 0 Å². The van der Waals surface area contributed by atoms with E-state index in [0.29, 0.717) is 20.3 Å². The van der Waals surface area contributed by atoms with E-state index >= 15 is 0 Å². The summed E-state index contributed by atoms with van der Waals surface area (Å²) >= 11 is 0. The van der Waals surface area contributed by atoms with Gasteiger partial charge in [0.2, 0.25) is 0 Å². The van der Waals surface area contributed by atoms with Gasteiger partial charge in [0.25, 0.3) is 47.3 Å². The molecule has 88 heavy (non-hydrogen) atoms. The Kier molecular flexibility index (Phi) is 59.9. The maximum absolute atomic E-state index is 11.8. The predicted octanol–water partition coefficient (Wildman–Crippen LogP) is 5.12. The van der Waals surface area contributed by atoms with Crippen LogP contribution in [0.3, 0.4) is 0 Å². The second-order valence-electron chi connectivity index (χ2n) is 15.8. The van der Waals surface area contributed by atoms with E-state index in [-0.39, 0.29) is 271 Å². The van der Waals surface area contributed by atoms with Crippen molar-refractivity contribution in [2.24, 2.45) is 0 Å². The van der Waals surface area contributed by atoms with Gasteiger partial charge in [-0.25, -0.2) is 19.2 Å². The fourth-order valence-corrected chi connectivity index (χ4v) is 6.23. The van der Waals surface area contributed by atoms with Crippen molar-refractivity contribution in [3.63, 3.8) is 0 Å². The number of amides is 8. The van der Waals surface area contributed by atoms with Gasteiger partial charge in [0.05, 0.1) is 119 Å². The molecular weight excluding hydrogens is 1180 g/mol. The molecule has 0 aromatic carbocycles. The SMILES string of the molecule is C.C.C.C.C.C.C.C.C.C.O=C(OCCOCCOCC(COCCOCC(COCCOCCOC(=O)ON1C(=O)CCC1=O)OCCOCCOC(=O)ON1C(=O)CCC1=O)OCCOCCOC(=O)ON1C(=O)CCC1=O)ON1C(=O)CCC1=O. The molecule has 2 atom stereocenters. The number of hydrogen-bond donors (Lipinski definition) is 0. The molecule has 4 rings (SSSR count). The Morgan fingerprint density at radius 3 is 0.602 bits per heavy atom. The Labute approximate surface area is 517 Å². The van der Waals surface area contributed by atoms with Gasteiger partial charge in [0, 0.05) is 51.4 Å². The lowest BCUT2D eigenvalue weighted by Crippen LogP contribution is -2.32. The fourth-order valence-electron chi connectivity index (χ4n) is 6.23. The van der Waals surface area contributed by atoms with Gasteiger partial charge in [0.15, 0.2) is 0 Å². The highest BCUT2D eigenvalue weighted by molar-refractivity contribution is 6.03. The van der Waals surface area contributed by atoms with Crippen molar-refractivity contribution in [2.45, 2.75) is 138 Å². The van der Waals surface area contributed by atoms with Crippen molar-refractivity contribution < 1.29 is 143 Å². The van der Waals surface area contributed by atoms with Gasteiger partial charge in [0.1, 0.15) is 38.6 Å². The normalized spacial score (nSPS) is 14.5. The van der Waals surface area contributed by atoms with E-state index in [2.05, 4.69) is 19.4 Å². The van der Waals surface area contributed by atoms with E-state index in [9.17, 15) is 57.5 Å². The quantitative estimate of drug-likeness (QED) is 0.0332. The summed E-state index contributed by atoms with van der Waals surface area (Å²) in [7, 11) is 0. The summed E-state index contributed by atoms with van der Waals surface area (Å²) in [4.78, 5) is 159. The molecule has 34 heteroatoms. The maximum Gasteiger partial charge on any atom is 0.534 e. The minimum Gasteiger partial charge on any atom is -0.430 e. The molecule has 4 fully saturated rings. The zero-order valence-electron chi connectivity index (χ0n) is 42.4. The van der Waals surface area contributed by atoms with E-state index in [1.54, 1.807) is 0 Å². The summed E-state index contributed by atoms with van der Waals surface area (Å²) in [6.45, 7) is -0.574. The van der Waals surface area contributed by atoms with Gasteiger partial charge in [-0.2, -0.15) is 0 Å². The van der Waals surface area contributed by atoms with Gasteiger partial charge in [-0.15, -0.1) is 0 Å². The summed E-state index contributed by atoms with van der Waals surface area (Å²) in [6.07, 6.45) is -6.86. The number of carbonyl (C=O) groups is 12. The molecule has 2 unspecified atom stereocenters. The number of carbonyl (C=O) groups excluding carboxylic acids is 12.